The molecule has 3 heterocycles. The van der Waals surface area contributed by atoms with E-state index in [4.69, 9.17) is 4.74 Å². The topological polar surface area (TPSA) is 61.5 Å². The second-order valence-electron chi connectivity index (χ2n) is 8.48. The maximum atomic E-state index is 13.3. The van der Waals surface area contributed by atoms with Crippen molar-refractivity contribution in [2.75, 3.05) is 44.3 Å². The standard InChI is InChI=1S/C22H28N4O2/c1-16-13-17(3-4-19(16)25-9-11-28-12-10-25)21(27)26-8-2-6-22(15-26)7-5-18-14-23-24-20(18)22/h3-4,13-14H,2,5-12,15H2,1H3,(H,23,24). The molecule has 0 bridgehead atoms. The molecule has 1 amide bonds. The molecule has 6 nitrogen and oxygen atoms in total. The third kappa shape index (κ3) is 2.91. The number of anilines is 1. The van der Waals surface area contributed by atoms with Gasteiger partial charge in [-0.05, 0) is 61.9 Å². The number of aromatic nitrogens is 2. The quantitative estimate of drug-likeness (QED) is 0.870. The van der Waals surface area contributed by atoms with Gasteiger partial charge in [-0.1, -0.05) is 0 Å². The van der Waals surface area contributed by atoms with E-state index in [1.165, 1.54) is 16.9 Å². The van der Waals surface area contributed by atoms with Crippen LogP contribution >= 0.6 is 0 Å². The highest BCUT2D eigenvalue weighted by molar-refractivity contribution is 5.95. The molecule has 0 radical (unpaired) electrons. The Hall–Kier alpha value is -2.34. The van der Waals surface area contributed by atoms with E-state index < -0.39 is 0 Å². The van der Waals surface area contributed by atoms with Crippen molar-refractivity contribution >= 4 is 11.6 Å². The van der Waals surface area contributed by atoms with Gasteiger partial charge >= 0.3 is 0 Å². The highest BCUT2D eigenvalue weighted by atomic mass is 16.5. The number of amides is 1. The van der Waals surface area contributed by atoms with E-state index in [0.29, 0.717) is 0 Å². The van der Waals surface area contributed by atoms with Gasteiger partial charge in [0.2, 0.25) is 0 Å². The van der Waals surface area contributed by atoms with E-state index in [1.807, 2.05) is 12.3 Å². The monoisotopic (exact) mass is 380 g/mol. The zero-order valence-corrected chi connectivity index (χ0v) is 16.5. The first-order chi connectivity index (χ1) is 13.7. The molecule has 1 aromatic carbocycles. The maximum absolute atomic E-state index is 13.3. The fourth-order valence-corrected chi connectivity index (χ4v) is 5.30. The Bertz CT molecular complexity index is 886. The van der Waals surface area contributed by atoms with E-state index in [1.54, 1.807) is 0 Å². The summed E-state index contributed by atoms with van der Waals surface area (Å²) in [6.45, 7) is 7.11. The lowest BCUT2D eigenvalue weighted by molar-refractivity contribution is 0.0632. The van der Waals surface area contributed by atoms with Gasteiger partial charge in [0.25, 0.3) is 5.91 Å². The Morgan fingerprint density at radius 3 is 2.89 bits per heavy atom. The average Bonchev–Trinajstić information content (AvgIpc) is 3.33. The number of morpholine rings is 1. The number of hydrogen-bond acceptors (Lipinski definition) is 4. The van der Waals surface area contributed by atoms with Gasteiger partial charge in [0, 0.05) is 48.5 Å². The number of aromatic amines is 1. The molecule has 1 N–H and O–H groups in total. The van der Waals surface area contributed by atoms with Crippen LogP contribution in [0.1, 0.15) is 46.4 Å². The lowest BCUT2D eigenvalue weighted by Gasteiger charge is -2.40. The van der Waals surface area contributed by atoms with Gasteiger partial charge < -0.3 is 14.5 Å². The summed E-state index contributed by atoms with van der Waals surface area (Å²) in [5.41, 5.74) is 5.85. The number of H-pyrrole nitrogens is 1. The smallest absolute Gasteiger partial charge is 0.253 e. The fourth-order valence-electron chi connectivity index (χ4n) is 5.30. The van der Waals surface area contributed by atoms with Gasteiger partial charge in [0.1, 0.15) is 0 Å². The van der Waals surface area contributed by atoms with Crippen LogP contribution in [0.3, 0.4) is 0 Å². The molecule has 28 heavy (non-hydrogen) atoms. The minimum atomic E-state index is 0.0720. The summed E-state index contributed by atoms with van der Waals surface area (Å²) in [5, 5.41) is 7.47. The largest absolute Gasteiger partial charge is 0.378 e. The highest BCUT2D eigenvalue weighted by Crippen LogP contribution is 2.44. The van der Waals surface area contributed by atoms with Crippen molar-refractivity contribution in [3.63, 3.8) is 0 Å². The number of nitrogens with one attached hydrogen (secondary N) is 1. The van der Waals surface area contributed by atoms with Crippen molar-refractivity contribution in [2.24, 2.45) is 0 Å². The third-order valence-electron chi connectivity index (χ3n) is 6.78. The normalized spacial score (nSPS) is 24.6. The average molecular weight is 380 g/mol. The first kappa shape index (κ1) is 17.7. The number of piperidine rings is 1. The van der Waals surface area contributed by atoms with Crippen molar-refractivity contribution in [1.82, 2.24) is 15.1 Å². The van der Waals surface area contributed by atoms with Crippen LogP contribution < -0.4 is 4.90 Å². The summed E-state index contributed by atoms with van der Waals surface area (Å²) < 4.78 is 5.46. The van der Waals surface area contributed by atoms with Crippen molar-refractivity contribution in [3.8, 4) is 0 Å². The number of rotatable bonds is 2. The van der Waals surface area contributed by atoms with E-state index in [9.17, 15) is 4.79 Å². The second kappa shape index (κ2) is 6.92. The van der Waals surface area contributed by atoms with Crippen LogP contribution in [0.5, 0.6) is 0 Å². The summed E-state index contributed by atoms with van der Waals surface area (Å²) in [6.07, 6.45) is 6.34. The minimum absolute atomic E-state index is 0.0720. The van der Waals surface area contributed by atoms with Gasteiger partial charge in [-0.3, -0.25) is 9.89 Å². The Kier molecular flexibility index (Phi) is 4.38. The summed E-state index contributed by atoms with van der Waals surface area (Å²) >= 11 is 0. The molecule has 2 fully saturated rings. The third-order valence-corrected chi connectivity index (χ3v) is 6.78. The second-order valence-corrected chi connectivity index (χ2v) is 8.48. The van der Waals surface area contributed by atoms with Gasteiger partial charge in [-0.15, -0.1) is 0 Å². The molecule has 1 spiro atoms. The minimum Gasteiger partial charge on any atom is -0.378 e. The van der Waals surface area contributed by atoms with Gasteiger partial charge in [-0.2, -0.15) is 5.10 Å². The van der Waals surface area contributed by atoms with Gasteiger partial charge in [0.15, 0.2) is 0 Å². The van der Waals surface area contributed by atoms with E-state index in [-0.39, 0.29) is 11.3 Å². The van der Waals surface area contributed by atoms with Crippen LogP contribution in [0.15, 0.2) is 24.4 Å². The molecular weight excluding hydrogens is 352 g/mol. The molecule has 1 aliphatic carbocycles. The summed E-state index contributed by atoms with van der Waals surface area (Å²) in [6, 6.07) is 6.17. The zero-order valence-electron chi connectivity index (χ0n) is 16.5. The molecule has 2 aromatic rings. The number of carbonyl (C=O) groups excluding carboxylic acids is 1. The van der Waals surface area contributed by atoms with Crippen LogP contribution in [0.25, 0.3) is 0 Å². The zero-order chi connectivity index (χ0) is 19.1. The Morgan fingerprint density at radius 1 is 1.21 bits per heavy atom. The van der Waals surface area contributed by atoms with Crippen molar-refractivity contribution in [1.29, 1.82) is 0 Å². The predicted molar refractivity (Wildman–Crippen MR) is 108 cm³/mol. The molecular formula is C22H28N4O2. The molecule has 1 atom stereocenters. The SMILES string of the molecule is Cc1cc(C(=O)N2CCCC3(CCc4cn[nH]c43)C2)ccc1N1CCOCC1. The summed E-state index contributed by atoms with van der Waals surface area (Å²) in [4.78, 5) is 17.7. The van der Waals surface area contributed by atoms with Crippen molar-refractivity contribution in [3.05, 3.63) is 46.8 Å². The van der Waals surface area contributed by atoms with E-state index in [2.05, 4.69) is 39.1 Å². The highest BCUT2D eigenvalue weighted by Gasteiger charge is 2.44. The van der Waals surface area contributed by atoms with Crippen LogP contribution in [0.4, 0.5) is 5.69 Å². The fraction of sp³-hybridized carbons (Fsp3) is 0.545. The lowest BCUT2D eigenvalue weighted by Crippen LogP contribution is -2.47. The van der Waals surface area contributed by atoms with Crippen LogP contribution in [-0.4, -0.2) is 60.4 Å². The Balaban J connectivity index is 1.35. The molecule has 1 aromatic heterocycles. The number of fused-ring (bicyclic) bond motifs is 2. The first-order valence-electron chi connectivity index (χ1n) is 10.4. The van der Waals surface area contributed by atoms with Crippen molar-refractivity contribution in [2.45, 2.75) is 38.0 Å². The summed E-state index contributed by atoms with van der Waals surface area (Å²) in [7, 11) is 0. The number of benzene rings is 1. The van der Waals surface area contributed by atoms with Crippen LogP contribution in [0, 0.1) is 6.92 Å². The van der Waals surface area contributed by atoms with E-state index >= 15 is 0 Å². The lowest BCUT2D eigenvalue weighted by atomic mass is 9.77. The van der Waals surface area contributed by atoms with Gasteiger partial charge in [0.05, 0.1) is 19.4 Å². The first-order valence-corrected chi connectivity index (χ1v) is 10.4. The maximum Gasteiger partial charge on any atom is 0.253 e. The molecule has 6 heteroatoms. The van der Waals surface area contributed by atoms with Gasteiger partial charge in [-0.25, -0.2) is 0 Å². The molecule has 1 unspecified atom stereocenters. The van der Waals surface area contributed by atoms with E-state index in [0.717, 1.165) is 76.2 Å². The Labute approximate surface area is 165 Å². The summed E-state index contributed by atoms with van der Waals surface area (Å²) in [5.74, 6) is 0.156. The molecule has 2 saturated heterocycles. The molecule has 5 rings (SSSR count). The van der Waals surface area contributed by atoms with Crippen molar-refractivity contribution < 1.29 is 9.53 Å². The number of nitrogens with zero attached hydrogens (tertiary/aromatic N) is 3. The molecule has 0 saturated carbocycles. The molecule has 3 aliphatic rings. The number of likely N-dealkylation sites (tertiary alicyclic amines) is 1. The number of ether oxygens (including phenoxy) is 1. The molecule has 148 valence electrons. The molecule has 2 aliphatic heterocycles. The number of carbonyl (C=O) groups is 1. The van der Waals surface area contributed by atoms with Crippen LogP contribution in [-0.2, 0) is 16.6 Å². The Morgan fingerprint density at radius 2 is 2.07 bits per heavy atom. The predicted octanol–water partition coefficient (Wildman–Crippen LogP) is 2.67. The van der Waals surface area contributed by atoms with Crippen LogP contribution in [0.2, 0.25) is 0 Å². The number of aryl methyl sites for hydroxylation is 2. The number of hydrogen-bond donors (Lipinski definition) is 1.